The van der Waals surface area contributed by atoms with Crippen molar-refractivity contribution in [2.45, 2.75) is 12.5 Å². The third-order valence-corrected chi connectivity index (χ3v) is 5.56. The molecule has 1 aromatic heterocycles. The van der Waals surface area contributed by atoms with Crippen LogP contribution in [0.1, 0.15) is 16.9 Å². The molecule has 1 saturated heterocycles. The van der Waals surface area contributed by atoms with Gasteiger partial charge < -0.3 is 10.6 Å². The van der Waals surface area contributed by atoms with Crippen LogP contribution in [0, 0.1) is 11.6 Å². The van der Waals surface area contributed by atoms with Crippen molar-refractivity contribution in [3.05, 3.63) is 53.9 Å². The molecule has 0 spiro atoms. The van der Waals surface area contributed by atoms with Gasteiger partial charge in [0.15, 0.2) is 9.84 Å². The topological polar surface area (TPSA) is 88.2 Å². The minimum atomic E-state index is -3.11. The minimum Gasteiger partial charge on any atom is -0.351 e. The van der Waals surface area contributed by atoms with Gasteiger partial charge in [0, 0.05) is 17.9 Å². The summed E-state index contributed by atoms with van der Waals surface area (Å²) in [7, 11) is -3.11. The van der Waals surface area contributed by atoms with E-state index in [-0.39, 0.29) is 28.6 Å². The van der Waals surface area contributed by atoms with E-state index in [2.05, 4.69) is 15.6 Å². The maximum atomic E-state index is 13.7. The van der Waals surface area contributed by atoms with Crippen LogP contribution in [0.4, 0.5) is 20.2 Å². The van der Waals surface area contributed by atoms with E-state index in [9.17, 15) is 22.0 Å². The lowest BCUT2D eigenvalue weighted by atomic mass is 10.2. The maximum Gasteiger partial charge on any atom is 0.270 e. The van der Waals surface area contributed by atoms with Crippen LogP contribution in [0.25, 0.3) is 0 Å². The van der Waals surface area contributed by atoms with E-state index < -0.39 is 33.4 Å². The first-order valence-corrected chi connectivity index (χ1v) is 9.34. The standard InChI is InChI=1S/C16H15F2N3O3S/c17-12-2-1-3-13(18)15(12)20-10-4-6-19-14(8-10)16(22)21-11-5-7-25(23,24)9-11/h1-4,6,8,11H,5,7,9H2,(H,19,20)(H,21,22). The Hall–Kier alpha value is -2.55. The predicted octanol–water partition coefficient (Wildman–Crippen LogP) is 2.02. The van der Waals surface area contributed by atoms with Gasteiger partial charge in [0.05, 0.1) is 11.5 Å². The van der Waals surface area contributed by atoms with Crippen LogP contribution in [0.3, 0.4) is 0 Å². The predicted molar refractivity (Wildman–Crippen MR) is 88.4 cm³/mol. The molecule has 1 aliphatic heterocycles. The average Bonchev–Trinajstić information content (AvgIpc) is 2.90. The van der Waals surface area contributed by atoms with Crippen molar-refractivity contribution in [2.24, 2.45) is 0 Å². The normalized spacial score (nSPS) is 18.7. The molecule has 1 atom stereocenters. The summed E-state index contributed by atoms with van der Waals surface area (Å²) in [5, 5.41) is 5.18. The zero-order chi connectivity index (χ0) is 18.0. The van der Waals surface area contributed by atoms with Crippen molar-refractivity contribution >= 4 is 27.1 Å². The lowest BCUT2D eigenvalue weighted by molar-refractivity contribution is 0.0936. The van der Waals surface area contributed by atoms with Crippen molar-refractivity contribution in [3.8, 4) is 0 Å². The molecule has 2 heterocycles. The third kappa shape index (κ3) is 4.11. The minimum absolute atomic E-state index is 0.0195. The molecule has 1 unspecified atom stereocenters. The lowest BCUT2D eigenvalue weighted by Crippen LogP contribution is -2.36. The Bertz CT molecular complexity index is 898. The molecule has 3 rings (SSSR count). The fraction of sp³-hybridized carbons (Fsp3) is 0.250. The van der Waals surface area contributed by atoms with E-state index in [1.165, 1.54) is 24.4 Å². The molecule has 1 fully saturated rings. The summed E-state index contributed by atoms with van der Waals surface area (Å²) in [6, 6.07) is 5.81. The number of sulfone groups is 1. The quantitative estimate of drug-likeness (QED) is 0.863. The number of halogens is 2. The van der Waals surface area contributed by atoms with Gasteiger partial charge in [-0.2, -0.15) is 0 Å². The number of carbonyl (C=O) groups is 1. The number of carbonyl (C=O) groups excluding carboxylic acids is 1. The number of benzene rings is 1. The Morgan fingerprint density at radius 2 is 1.92 bits per heavy atom. The van der Waals surface area contributed by atoms with Crippen molar-refractivity contribution < 1.29 is 22.0 Å². The highest BCUT2D eigenvalue weighted by atomic mass is 32.2. The van der Waals surface area contributed by atoms with Gasteiger partial charge in [0.25, 0.3) is 5.91 Å². The van der Waals surface area contributed by atoms with Gasteiger partial charge in [0.2, 0.25) is 0 Å². The third-order valence-electron chi connectivity index (χ3n) is 3.79. The molecule has 1 aliphatic rings. The van der Waals surface area contributed by atoms with Gasteiger partial charge in [-0.05, 0) is 30.7 Å². The molecule has 25 heavy (non-hydrogen) atoms. The maximum absolute atomic E-state index is 13.7. The van der Waals surface area contributed by atoms with E-state index in [1.807, 2.05) is 0 Å². The molecule has 0 bridgehead atoms. The van der Waals surface area contributed by atoms with Crippen LogP contribution < -0.4 is 10.6 Å². The fourth-order valence-electron chi connectivity index (χ4n) is 2.56. The van der Waals surface area contributed by atoms with Crippen molar-refractivity contribution in [3.63, 3.8) is 0 Å². The summed E-state index contributed by atoms with van der Waals surface area (Å²) in [5.41, 5.74) is -0.0313. The summed E-state index contributed by atoms with van der Waals surface area (Å²) >= 11 is 0. The van der Waals surface area contributed by atoms with Crippen LogP contribution in [-0.2, 0) is 9.84 Å². The zero-order valence-corrected chi connectivity index (χ0v) is 13.8. The first kappa shape index (κ1) is 17.3. The van der Waals surface area contributed by atoms with Crippen molar-refractivity contribution in [2.75, 3.05) is 16.8 Å². The SMILES string of the molecule is O=C(NC1CCS(=O)(=O)C1)c1cc(Nc2c(F)cccc2F)ccn1. The molecule has 1 aromatic carbocycles. The molecule has 6 nitrogen and oxygen atoms in total. The second-order valence-corrected chi connectivity index (χ2v) is 7.95. The van der Waals surface area contributed by atoms with Crippen molar-refractivity contribution in [1.82, 2.24) is 10.3 Å². The van der Waals surface area contributed by atoms with Crippen LogP contribution in [0.15, 0.2) is 36.5 Å². The van der Waals surface area contributed by atoms with Gasteiger partial charge in [-0.25, -0.2) is 17.2 Å². The molecule has 9 heteroatoms. The number of nitrogens with one attached hydrogen (secondary N) is 2. The number of nitrogens with zero attached hydrogens (tertiary/aromatic N) is 1. The fourth-order valence-corrected chi connectivity index (χ4v) is 4.24. The summed E-state index contributed by atoms with van der Waals surface area (Å²) in [5.74, 6) is -2.13. The van der Waals surface area contributed by atoms with E-state index in [0.717, 1.165) is 12.1 Å². The largest absolute Gasteiger partial charge is 0.351 e. The number of pyridine rings is 1. The Morgan fingerprint density at radius 3 is 2.56 bits per heavy atom. The second kappa shape index (κ2) is 6.75. The Kier molecular flexibility index (Phi) is 4.67. The Morgan fingerprint density at radius 1 is 1.20 bits per heavy atom. The van der Waals surface area contributed by atoms with Gasteiger partial charge in [0.1, 0.15) is 23.0 Å². The summed E-state index contributed by atoms with van der Waals surface area (Å²) < 4.78 is 50.2. The number of amides is 1. The number of hydrogen-bond acceptors (Lipinski definition) is 5. The first-order valence-electron chi connectivity index (χ1n) is 7.52. The number of para-hydroxylation sites is 1. The highest BCUT2D eigenvalue weighted by molar-refractivity contribution is 7.91. The number of anilines is 2. The second-order valence-electron chi connectivity index (χ2n) is 5.72. The Balaban J connectivity index is 1.74. The van der Waals surface area contributed by atoms with Crippen LogP contribution in [0.2, 0.25) is 0 Å². The van der Waals surface area contributed by atoms with Gasteiger partial charge >= 0.3 is 0 Å². The van der Waals surface area contributed by atoms with Crippen molar-refractivity contribution in [1.29, 1.82) is 0 Å². The molecule has 2 aromatic rings. The number of aromatic nitrogens is 1. The van der Waals surface area contributed by atoms with Crippen LogP contribution >= 0.6 is 0 Å². The van der Waals surface area contributed by atoms with E-state index in [1.54, 1.807) is 0 Å². The van der Waals surface area contributed by atoms with Crippen LogP contribution in [-0.4, -0.2) is 36.9 Å². The molecular weight excluding hydrogens is 352 g/mol. The monoisotopic (exact) mass is 367 g/mol. The first-order chi connectivity index (χ1) is 11.8. The van der Waals surface area contributed by atoms with Gasteiger partial charge in [-0.15, -0.1) is 0 Å². The Labute approximate surface area is 143 Å². The van der Waals surface area contributed by atoms with E-state index in [4.69, 9.17) is 0 Å². The molecular formula is C16H15F2N3O3S. The molecule has 132 valence electrons. The lowest BCUT2D eigenvalue weighted by Gasteiger charge is -2.12. The number of rotatable bonds is 4. The average molecular weight is 367 g/mol. The summed E-state index contributed by atoms with van der Waals surface area (Å²) in [6.07, 6.45) is 1.67. The zero-order valence-electron chi connectivity index (χ0n) is 13.0. The molecule has 1 amide bonds. The summed E-state index contributed by atoms with van der Waals surface area (Å²) in [4.78, 5) is 16.1. The van der Waals surface area contributed by atoms with Gasteiger partial charge in [-0.3, -0.25) is 9.78 Å². The van der Waals surface area contributed by atoms with Gasteiger partial charge in [-0.1, -0.05) is 6.07 Å². The number of hydrogen-bond donors (Lipinski definition) is 2. The van der Waals surface area contributed by atoms with Crippen LogP contribution in [0.5, 0.6) is 0 Å². The molecule has 2 N–H and O–H groups in total. The van der Waals surface area contributed by atoms with E-state index in [0.29, 0.717) is 6.42 Å². The van der Waals surface area contributed by atoms with E-state index >= 15 is 0 Å². The highest BCUT2D eigenvalue weighted by Gasteiger charge is 2.29. The highest BCUT2D eigenvalue weighted by Crippen LogP contribution is 2.23. The smallest absolute Gasteiger partial charge is 0.270 e. The molecule has 0 saturated carbocycles. The molecule has 0 aliphatic carbocycles. The summed E-state index contributed by atoms with van der Waals surface area (Å²) in [6.45, 7) is 0. The molecule has 0 radical (unpaired) electrons.